The zero-order valence-electron chi connectivity index (χ0n) is 11.8. The highest BCUT2D eigenvalue weighted by Gasteiger charge is 2.11. The van der Waals surface area contributed by atoms with Crippen molar-refractivity contribution in [2.24, 2.45) is 0 Å². The maximum Gasteiger partial charge on any atom is 0.193 e. The molecule has 0 aliphatic carbocycles. The number of ether oxygens (including phenoxy) is 1. The molecular weight excluding hydrogens is 264 g/mol. The van der Waals surface area contributed by atoms with E-state index >= 15 is 0 Å². The minimum Gasteiger partial charge on any atom is -0.494 e. The standard InChI is InChI=1S/C18H18O3/c1-14(15-6-3-2-4-7-15)18(20)16-8-10-17(11-9-16)21-13-5-12-19/h2-4,6-11,19H,1,5,12-13H2. The summed E-state index contributed by atoms with van der Waals surface area (Å²) in [7, 11) is 0. The zero-order valence-corrected chi connectivity index (χ0v) is 11.8. The van der Waals surface area contributed by atoms with Gasteiger partial charge in [-0.3, -0.25) is 4.79 Å². The summed E-state index contributed by atoms with van der Waals surface area (Å²) in [6, 6.07) is 16.4. The normalized spacial score (nSPS) is 10.1. The lowest BCUT2D eigenvalue weighted by Gasteiger charge is -2.07. The van der Waals surface area contributed by atoms with Gasteiger partial charge in [-0.1, -0.05) is 36.9 Å². The van der Waals surface area contributed by atoms with Crippen molar-refractivity contribution in [1.29, 1.82) is 0 Å². The van der Waals surface area contributed by atoms with Gasteiger partial charge in [0.25, 0.3) is 0 Å². The number of hydrogen-bond donors (Lipinski definition) is 1. The van der Waals surface area contributed by atoms with Crippen LogP contribution in [0.15, 0.2) is 61.2 Å². The van der Waals surface area contributed by atoms with Crippen LogP contribution in [0.25, 0.3) is 5.57 Å². The first-order chi connectivity index (χ1) is 10.2. The SMILES string of the molecule is C=C(C(=O)c1ccc(OCCCO)cc1)c1ccccc1. The molecule has 0 aliphatic rings. The quantitative estimate of drug-likeness (QED) is 0.481. The molecule has 0 aliphatic heterocycles. The second kappa shape index (κ2) is 7.41. The minimum atomic E-state index is -0.0943. The van der Waals surface area contributed by atoms with Crippen LogP contribution in [0, 0.1) is 0 Å². The lowest BCUT2D eigenvalue weighted by molar-refractivity contribution is 0.105. The molecule has 3 heteroatoms. The maximum atomic E-state index is 12.3. The Labute approximate surface area is 124 Å². The fourth-order valence-corrected chi connectivity index (χ4v) is 1.90. The fraction of sp³-hybridized carbons (Fsp3) is 0.167. The monoisotopic (exact) mass is 282 g/mol. The van der Waals surface area contributed by atoms with Crippen molar-refractivity contribution in [3.05, 3.63) is 72.3 Å². The number of Topliss-reactive ketones (excluding diaryl/α,β-unsaturated/α-hetero) is 1. The molecule has 0 bridgehead atoms. The van der Waals surface area contributed by atoms with Crippen molar-refractivity contribution in [3.63, 3.8) is 0 Å². The second-order valence-electron chi connectivity index (χ2n) is 4.62. The van der Waals surface area contributed by atoms with Gasteiger partial charge in [-0.2, -0.15) is 0 Å². The number of hydrogen-bond acceptors (Lipinski definition) is 3. The van der Waals surface area contributed by atoms with Gasteiger partial charge < -0.3 is 9.84 Å². The lowest BCUT2D eigenvalue weighted by atomic mass is 9.98. The van der Waals surface area contributed by atoms with E-state index in [0.29, 0.717) is 29.9 Å². The third-order valence-electron chi connectivity index (χ3n) is 3.08. The molecule has 21 heavy (non-hydrogen) atoms. The molecule has 0 saturated carbocycles. The molecule has 2 aromatic rings. The van der Waals surface area contributed by atoms with Gasteiger partial charge in [-0.25, -0.2) is 0 Å². The van der Waals surface area contributed by atoms with Crippen molar-refractivity contribution in [1.82, 2.24) is 0 Å². The molecule has 0 radical (unpaired) electrons. The number of allylic oxidation sites excluding steroid dienone is 1. The fourth-order valence-electron chi connectivity index (χ4n) is 1.90. The number of aliphatic hydroxyl groups excluding tert-OH is 1. The molecule has 0 saturated heterocycles. The van der Waals surface area contributed by atoms with Gasteiger partial charge in [0, 0.05) is 24.2 Å². The van der Waals surface area contributed by atoms with Gasteiger partial charge in [0.15, 0.2) is 5.78 Å². The molecule has 2 aromatic carbocycles. The van der Waals surface area contributed by atoms with Gasteiger partial charge in [0.1, 0.15) is 5.75 Å². The molecule has 0 aromatic heterocycles. The van der Waals surface area contributed by atoms with E-state index in [-0.39, 0.29) is 12.4 Å². The van der Waals surface area contributed by atoms with Crippen LogP contribution in [0.4, 0.5) is 0 Å². The van der Waals surface area contributed by atoms with Gasteiger partial charge in [-0.05, 0) is 29.8 Å². The van der Waals surface area contributed by atoms with Crippen LogP contribution in [0.2, 0.25) is 0 Å². The highest BCUT2D eigenvalue weighted by Crippen LogP contribution is 2.20. The van der Waals surface area contributed by atoms with E-state index in [2.05, 4.69) is 6.58 Å². The van der Waals surface area contributed by atoms with Gasteiger partial charge in [0.05, 0.1) is 6.61 Å². The summed E-state index contributed by atoms with van der Waals surface area (Å²) in [5, 5.41) is 8.70. The van der Waals surface area contributed by atoms with E-state index in [1.54, 1.807) is 24.3 Å². The van der Waals surface area contributed by atoms with Gasteiger partial charge >= 0.3 is 0 Å². The maximum absolute atomic E-state index is 12.3. The number of aliphatic hydroxyl groups is 1. The first kappa shape index (κ1) is 15.0. The Kier molecular flexibility index (Phi) is 5.29. The topological polar surface area (TPSA) is 46.5 Å². The number of carbonyl (C=O) groups is 1. The number of benzene rings is 2. The molecule has 2 rings (SSSR count). The van der Waals surface area contributed by atoms with Gasteiger partial charge in [0.2, 0.25) is 0 Å². The Balaban J connectivity index is 2.04. The molecule has 0 amide bonds. The van der Waals surface area contributed by atoms with Crippen molar-refractivity contribution >= 4 is 11.4 Å². The first-order valence-electron chi connectivity index (χ1n) is 6.85. The molecule has 0 spiro atoms. The van der Waals surface area contributed by atoms with Crippen LogP contribution < -0.4 is 4.74 Å². The Morgan fingerprint density at radius 3 is 2.29 bits per heavy atom. The molecule has 3 nitrogen and oxygen atoms in total. The highest BCUT2D eigenvalue weighted by atomic mass is 16.5. The summed E-state index contributed by atoms with van der Waals surface area (Å²) in [4.78, 5) is 12.3. The van der Waals surface area contributed by atoms with E-state index < -0.39 is 0 Å². The number of ketones is 1. The Bertz CT molecular complexity index is 600. The van der Waals surface area contributed by atoms with Crippen LogP contribution in [0.3, 0.4) is 0 Å². The number of rotatable bonds is 7. The van der Waals surface area contributed by atoms with Crippen LogP contribution in [-0.2, 0) is 0 Å². The Morgan fingerprint density at radius 2 is 1.67 bits per heavy atom. The molecule has 0 heterocycles. The molecule has 0 unspecified atom stereocenters. The third-order valence-corrected chi connectivity index (χ3v) is 3.08. The summed E-state index contributed by atoms with van der Waals surface area (Å²) in [6.45, 7) is 4.44. The molecule has 0 fully saturated rings. The van der Waals surface area contributed by atoms with Crippen molar-refractivity contribution < 1.29 is 14.6 Å². The average molecular weight is 282 g/mol. The summed E-state index contributed by atoms with van der Waals surface area (Å²) >= 11 is 0. The van der Waals surface area contributed by atoms with E-state index in [9.17, 15) is 4.79 Å². The van der Waals surface area contributed by atoms with Crippen LogP contribution in [0.5, 0.6) is 5.75 Å². The Morgan fingerprint density at radius 1 is 1.00 bits per heavy atom. The summed E-state index contributed by atoms with van der Waals surface area (Å²) < 4.78 is 5.43. The predicted molar refractivity (Wildman–Crippen MR) is 83.4 cm³/mol. The summed E-state index contributed by atoms with van der Waals surface area (Å²) in [5.41, 5.74) is 1.88. The molecule has 0 atom stereocenters. The van der Waals surface area contributed by atoms with E-state index in [0.717, 1.165) is 5.56 Å². The van der Waals surface area contributed by atoms with Crippen molar-refractivity contribution in [3.8, 4) is 5.75 Å². The third kappa shape index (κ3) is 4.04. The lowest BCUT2D eigenvalue weighted by Crippen LogP contribution is -2.03. The number of carbonyl (C=O) groups excluding carboxylic acids is 1. The highest BCUT2D eigenvalue weighted by molar-refractivity contribution is 6.28. The molecule has 108 valence electrons. The van der Waals surface area contributed by atoms with Gasteiger partial charge in [-0.15, -0.1) is 0 Å². The van der Waals surface area contributed by atoms with E-state index in [1.807, 2.05) is 30.3 Å². The minimum absolute atomic E-state index is 0.0943. The average Bonchev–Trinajstić information content (AvgIpc) is 2.55. The van der Waals surface area contributed by atoms with E-state index in [4.69, 9.17) is 9.84 Å². The van der Waals surface area contributed by atoms with Crippen LogP contribution >= 0.6 is 0 Å². The smallest absolute Gasteiger partial charge is 0.193 e. The van der Waals surface area contributed by atoms with E-state index in [1.165, 1.54) is 0 Å². The van der Waals surface area contributed by atoms with Crippen LogP contribution in [-0.4, -0.2) is 24.1 Å². The summed E-state index contributed by atoms with van der Waals surface area (Å²) in [6.07, 6.45) is 0.589. The van der Waals surface area contributed by atoms with Crippen LogP contribution in [0.1, 0.15) is 22.3 Å². The largest absolute Gasteiger partial charge is 0.494 e. The molecular formula is C18H18O3. The zero-order chi connectivity index (χ0) is 15.1. The first-order valence-corrected chi connectivity index (χ1v) is 6.85. The molecule has 1 N–H and O–H groups in total. The van der Waals surface area contributed by atoms with Crippen molar-refractivity contribution in [2.45, 2.75) is 6.42 Å². The summed E-state index contributed by atoms with van der Waals surface area (Å²) in [5.74, 6) is 0.591. The predicted octanol–water partition coefficient (Wildman–Crippen LogP) is 3.34. The van der Waals surface area contributed by atoms with Crippen molar-refractivity contribution in [2.75, 3.05) is 13.2 Å². The second-order valence-corrected chi connectivity index (χ2v) is 4.62. The Hall–Kier alpha value is -2.39.